The first kappa shape index (κ1) is 12.6. The Hall–Kier alpha value is -0.820. The van der Waals surface area contributed by atoms with E-state index in [1.807, 2.05) is 0 Å². The Bertz CT molecular complexity index is 565. The molecule has 0 fully saturated rings. The average molecular weight is 364 g/mol. The molecule has 1 aromatic carbocycles. The summed E-state index contributed by atoms with van der Waals surface area (Å²) in [5, 5.41) is 1.72. The van der Waals surface area contributed by atoms with Gasteiger partial charge in [-0.3, -0.25) is 4.79 Å². The Morgan fingerprint density at radius 1 is 1.35 bits per heavy atom. The van der Waals surface area contributed by atoms with Gasteiger partial charge in [-0.25, -0.2) is 8.78 Å². The minimum Gasteiger partial charge on any atom is -0.294 e. The van der Waals surface area contributed by atoms with E-state index in [-0.39, 0.29) is 17.8 Å². The molecule has 2 aromatic rings. The van der Waals surface area contributed by atoms with E-state index >= 15 is 0 Å². The van der Waals surface area contributed by atoms with Crippen molar-refractivity contribution in [2.24, 2.45) is 0 Å². The Labute approximate surface area is 115 Å². The van der Waals surface area contributed by atoms with Gasteiger partial charge in [0.25, 0.3) is 0 Å². The van der Waals surface area contributed by atoms with E-state index in [1.54, 1.807) is 11.4 Å². The van der Waals surface area contributed by atoms with Gasteiger partial charge in [0.2, 0.25) is 0 Å². The number of ketones is 1. The second kappa shape index (κ2) is 5.22. The van der Waals surface area contributed by atoms with Crippen molar-refractivity contribution >= 4 is 39.7 Å². The number of rotatable bonds is 3. The van der Waals surface area contributed by atoms with Gasteiger partial charge in [-0.05, 0) is 40.3 Å². The molecular weight excluding hydrogens is 357 g/mol. The van der Waals surface area contributed by atoms with Crippen molar-refractivity contribution in [1.29, 1.82) is 0 Å². The van der Waals surface area contributed by atoms with Gasteiger partial charge in [-0.2, -0.15) is 0 Å². The third kappa shape index (κ3) is 2.90. The van der Waals surface area contributed by atoms with Crippen LogP contribution in [0, 0.1) is 14.5 Å². The molecule has 1 nitrogen and oxygen atoms in total. The van der Waals surface area contributed by atoms with Crippen molar-refractivity contribution in [3.05, 3.63) is 55.3 Å². The Morgan fingerprint density at radius 3 is 2.76 bits per heavy atom. The summed E-state index contributed by atoms with van der Waals surface area (Å²) in [4.78, 5) is 11.8. The highest BCUT2D eigenvalue weighted by molar-refractivity contribution is 14.1. The Kier molecular flexibility index (Phi) is 3.88. The quantitative estimate of drug-likeness (QED) is 0.593. The first-order valence-corrected chi connectivity index (χ1v) is 6.74. The summed E-state index contributed by atoms with van der Waals surface area (Å²) in [7, 11) is 0. The minimum atomic E-state index is -0.939. The van der Waals surface area contributed by atoms with E-state index in [2.05, 4.69) is 22.6 Å². The molecule has 0 aliphatic carbocycles. The predicted octanol–water partition coefficient (Wildman–Crippen LogP) is 4.06. The molecule has 17 heavy (non-hydrogen) atoms. The smallest absolute Gasteiger partial charge is 0.168 e. The number of Topliss-reactive ketones (excluding diaryl/α,β-unsaturated/α-hetero) is 1. The van der Waals surface area contributed by atoms with Crippen molar-refractivity contribution in [3.8, 4) is 0 Å². The predicted molar refractivity (Wildman–Crippen MR) is 71.4 cm³/mol. The Balaban J connectivity index is 2.21. The fraction of sp³-hybridized carbons (Fsp3) is 0.0833. The van der Waals surface area contributed by atoms with Gasteiger partial charge < -0.3 is 0 Å². The summed E-state index contributed by atoms with van der Waals surface area (Å²) in [6.45, 7) is 0. The topological polar surface area (TPSA) is 17.1 Å². The van der Waals surface area contributed by atoms with Gasteiger partial charge in [0, 0.05) is 17.4 Å². The lowest BCUT2D eigenvalue weighted by molar-refractivity contribution is 0.0992. The highest BCUT2D eigenvalue weighted by Crippen LogP contribution is 2.19. The molecule has 1 heterocycles. The number of carbonyl (C=O) groups excluding carboxylic acids is 1. The van der Waals surface area contributed by atoms with Crippen molar-refractivity contribution in [3.63, 3.8) is 0 Å². The van der Waals surface area contributed by atoms with Gasteiger partial charge in [-0.1, -0.05) is 12.1 Å². The lowest BCUT2D eigenvalue weighted by Crippen LogP contribution is -2.05. The first-order valence-electron chi connectivity index (χ1n) is 4.78. The molecule has 0 saturated heterocycles. The summed E-state index contributed by atoms with van der Waals surface area (Å²) in [6, 6.07) is 5.60. The van der Waals surface area contributed by atoms with Crippen molar-refractivity contribution in [2.75, 3.05) is 0 Å². The van der Waals surface area contributed by atoms with Crippen LogP contribution in [0.25, 0.3) is 0 Å². The maximum Gasteiger partial charge on any atom is 0.168 e. The van der Waals surface area contributed by atoms with Crippen LogP contribution in [0.4, 0.5) is 8.78 Å². The average Bonchev–Trinajstić information content (AvgIpc) is 2.72. The van der Waals surface area contributed by atoms with Crippen LogP contribution < -0.4 is 0 Å². The maximum atomic E-state index is 13.4. The van der Waals surface area contributed by atoms with Crippen molar-refractivity contribution in [2.45, 2.75) is 6.42 Å². The number of thiophene rings is 1. The molecule has 0 unspecified atom stereocenters. The third-order valence-electron chi connectivity index (χ3n) is 2.27. The van der Waals surface area contributed by atoms with Gasteiger partial charge in [0.15, 0.2) is 17.4 Å². The summed E-state index contributed by atoms with van der Waals surface area (Å²) in [5.74, 6) is -2.06. The summed E-state index contributed by atoms with van der Waals surface area (Å²) in [6.07, 6.45) is -0.115. The lowest BCUT2D eigenvalue weighted by Gasteiger charge is -2.02. The summed E-state index contributed by atoms with van der Waals surface area (Å²) in [5.41, 5.74) is 0.638. The molecule has 5 heteroatoms. The van der Waals surface area contributed by atoms with Crippen molar-refractivity contribution < 1.29 is 13.6 Å². The van der Waals surface area contributed by atoms with Gasteiger partial charge in [0.05, 0.1) is 2.88 Å². The Morgan fingerprint density at radius 2 is 2.12 bits per heavy atom. The maximum absolute atomic E-state index is 13.4. The van der Waals surface area contributed by atoms with Crippen molar-refractivity contribution in [1.82, 2.24) is 0 Å². The molecule has 0 aliphatic heterocycles. The van der Waals surface area contributed by atoms with Crippen LogP contribution in [0.3, 0.4) is 0 Å². The molecule has 0 saturated carbocycles. The standard InChI is InChI=1S/C12H7F2IOS/c13-9-3-1-2-7(12(9)14)4-10(16)8-5-11(15)17-6-8/h1-3,5-6H,4H2. The number of hydrogen-bond donors (Lipinski definition) is 0. The van der Waals surface area contributed by atoms with E-state index in [4.69, 9.17) is 0 Å². The molecule has 88 valence electrons. The second-order valence-corrected chi connectivity index (χ2v) is 6.26. The highest BCUT2D eigenvalue weighted by Gasteiger charge is 2.14. The van der Waals surface area contributed by atoms with Crippen LogP contribution in [0.5, 0.6) is 0 Å². The first-order chi connectivity index (χ1) is 8.08. The van der Waals surface area contributed by atoms with Crippen LogP contribution in [0.2, 0.25) is 0 Å². The zero-order valence-corrected chi connectivity index (χ0v) is 11.5. The molecule has 0 spiro atoms. The van der Waals surface area contributed by atoms with E-state index < -0.39 is 11.6 Å². The van der Waals surface area contributed by atoms with Crippen LogP contribution in [0.15, 0.2) is 29.6 Å². The van der Waals surface area contributed by atoms with Gasteiger partial charge in [-0.15, -0.1) is 11.3 Å². The molecule has 0 amide bonds. The number of carbonyl (C=O) groups is 1. The van der Waals surface area contributed by atoms with E-state index in [1.165, 1.54) is 23.5 Å². The van der Waals surface area contributed by atoms with E-state index in [0.717, 1.165) is 8.95 Å². The second-order valence-electron chi connectivity index (χ2n) is 3.45. The molecular formula is C12H7F2IOS. The van der Waals surface area contributed by atoms with Crippen LogP contribution in [-0.4, -0.2) is 5.78 Å². The highest BCUT2D eigenvalue weighted by atomic mass is 127. The molecule has 1 aromatic heterocycles. The van der Waals surface area contributed by atoms with Crippen LogP contribution in [0.1, 0.15) is 15.9 Å². The van der Waals surface area contributed by atoms with Crippen LogP contribution >= 0.6 is 33.9 Å². The fourth-order valence-corrected chi connectivity index (χ4v) is 2.77. The minimum absolute atomic E-state index is 0.0937. The normalized spacial score (nSPS) is 10.5. The molecule has 0 N–H and O–H groups in total. The monoisotopic (exact) mass is 364 g/mol. The SMILES string of the molecule is O=C(Cc1cccc(F)c1F)c1csc(I)c1. The van der Waals surface area contributed by atoms with Gasteiger partial charge in [0.1, 0.15) is 0 Å². The zero-order valence-electron chi connectivity index (χ0n) is 8.54. The van der Waals surface area contributed by atoms with E-state index in [0.29, 0.717) is 5.56 Å². The van der Waals surface area contributed by atoms with Crippen LogP contribution in [-0.2, 0) is 6.42 Å². The molecule has 0 radical (unpaired) electrons. The van der Waals surface area contributed by atoms with Gasteiger partial charge >= 0.3 is 0 Å². The zero-order chi connectivity index (χ0) is 12.4. The summed E-state index contributed by atoms with van der Waals surface area (Å²) < 4.78 is 27.3. The molecule has 0 atom stereocenters. The number of hydrogen-bond acceptors (Lipinski definition) is 2. The molecule has 0 aliphatic rings. The summed E-state index contributed by atoms with van der Waals surface area (Å²) >= 11 is 3.56. The molecule has 0 bridgehead atoms. The third-order valence-corrected chi connectivity index (χ3v) is 4.06. The lowest BCUT2D eigenvalue weighted by atomic mass is 10.0. The fourth-order valence-electron chi connectivity index (χ4n) is 1.42. The number of benzene rings is 1. The number of halogens is 3. The molecule has 2 rings (SSSR count). The largest absolute Gasteiger partial charge is 0.294 e. The van der Waals surface area contributed by atoms with E-state index in [9.17, 15) is 13.6 Å².